The van der Waals surface area contributed by atoms with Gasteiger partial charge < -0.3 is 16.0 Å². The molecule has 0 spiro atoms. The summed E-state index contributed by atoms with van der Waals surface area (Å²) < 4.78 is 1.32. The summed E-state index contributed by atoms with van der Waals surface area (Å²) in [6.07, 6.45) is 5.31. The molecule has 0 radical (unpaired) electrons. The first kappa shape index (κ1) is 20.5. The summed E-state index contributed by atoms with van der Waals surface area (Å²) in [5, 5.41) is 9.08. The Balaban J connectivity index is 1.25. The van der Waals surface area contributed by atoms with E-state index in [1.165, 1.54) is 17.0 Å². The zero-order valence-electron chi connectivity index (χ0n) is 17.2. The van der Waals surface area contributed by atoms with E-state index in [4.69, 9.17) is 0 Å². The third kappa shape index (κ3) is 5.84. The second-order valence-electron chi connectivity index (χ2n) is 7.36. The Morgan fingerprint density at radius 3 is 2.68 bits per heavy atom. The molecule has 0 bridgehead atoms. The maximum absolute atomic E-state index is 12.1. The van der Waals surface area contributed by atoms with E-state index < -0.39 is 0 Å². The van der Waals surface area contributed by atoms with Crippen molar-refractivity contribution in [3.8, 4) is 0 Å². The maximum Gasteiger partial charge on any atom is 0.254 e. The number of hydrogen-bond donors (Lipinski definition) is 3. The number of aryl methyl sites for hydroxylation is 1. The molecule has 0 unspecified atom stereocenters. The Kier molecular flexibility index (Phi) is 6.16. The molecule has 3 N–H and O–H groups in total. The van der Waals surface area contributed by atoms with Crippen molar-refractivity contribution >= 4 is 23.4 Å². The number of nitrogens with zero attached hydrogens (tertiary/aromatic N) is 5. The van der Waals surface area contributed by atoms with Gasteiger partial charge in [-0.1, -0.05) is 6.07 Å². The van der Waals surface area contributed by atoms with Gasteiger partial charge in [0.25, 0.3) is 5.56 Å². The van der Waals surface area contributed by atoms with Crippen molar-refractivity contribution < 1.29 is 4.79 Å². The van der Waals surface area contributed by atoms with Crippen molar-refractivity contribution in [3.63, 3.8) is 0 Å². The maximum atomic E-state index is 12.1. The topological polar surface area (TPSA) is 127 Å². The first-order valence-electron chi connectivity index (χ1n) is 10.2. The van der Waals surface area contributed by atoms with Crippen LogP contribution in [0.1, 0.15) is 30.3 Å². The van der Waals surface area contributed by atoms with Crippen LogP contribution in [0.5, 0.6) is 0 Å². The lowest BCUT2D eigenvalue weighted by Gasteiger charge is -2.11. The van der Waals surface area contributed by atoms with Crippen molar-refractivity contribution in [3.05, 3.63) is 64.7 Å². The average molecular weight is 420 g/mol. The minimum Gasteiger partial charge on any atom is -0.368 e. The van der Waals surface area contributed by atoms with E-state index in [2.05, 4.69) is 35.9 Å². The normalized spacial score (nSPS) is 12.9. The van der Waals surface area contributed by atoms with Crippen LogP contribution in [-0.2, 0) is 11.3 Å². The third-order valence-corrected chi connectivity index (χ3v) is 4.72. The molecule has 31 heavy (non-hydrogen) atoms. The number of amides is 1. The Morgan fingerprint density at radius 1 is 1.10 bits per heavy atom. The summed E-state index contributed by atoms with van der Waals surface area (Å²) in [5.41, 5.74) is 0.623. The highest BCUT2D eigenvalue weighted by Crippen LogP contribution is 2.38. The molecular weight excluding hydrogens is 396 g/mol. The Morgan fingerprint density at radius 2 is 1.94 bits per heavy atom. The summed E-state index contributed by atoms with van der Waals surface area (Å²) >= 11 is 0. The number of nitrogens with one attached hydrogen (secondary N) is 3. The highest BCUT2D eigenvalue weighted by molar-refractivity contribution is 5.75. The van der Waals surface area contributed by atoms with Gasteiger partial charge in [-0.2, -0.15) is 0 Å². The van der Waals surface area contributed by atoms with E-state index >= 15 is 0 Å². The summed E-state index contributed by atoms with van der Waals surface area (Å²) in [6, 6.07) is 8.88. The number of pyridine rings is 1. The molecule has 3 aromatic heterocycles. The molecule has 1 aliphatic carbocycles. The van der Waals surface area contributed by atoms with Gasteiger partial charge in [-0.25, -0.2) is 19.9 Å². The summed E-state index contributed by atoms with van der Waals surface area (Å²) in [4.78, 5) is 41.5. The summed E-state index contributed by atoms with van der Waals surface area (Å²) in [6.45, 7) is 2.60. The molecule has 10 nitrogen and oxygen atoms in total. The molecule has 0 aromatic carbocycles. The Labute approximate surface area is 179 Å². The Bertz CT molecular complexity index is 1110. The molecule has 1 aliphatic rings. The average Bonchev–Trinajstić information content (AvgIpc) is 3.58. The molecule has 0 aliphatic heterocycles. The SMILES string of the molecule is Cc1nc(NCCNC(=O)Cn2cnc(C3CC3)cc2=O)cc(Nc2ccccn2)n1. The van der Waals surface area contributed by atoms with Crippen LogP contribution in [0.25, 0.3) is 0 Å². The summed E-state index contributed by atoms with van der Waals surface area (Å²) in [7, 11) is 0. The summed E-state index contributed by atoms with van der Waals surface area (Å²) in [5.74, 6) is 2.71. The van der Waals surface area contributed by atoms with Crippen LogP contribution in [0.2, 0.25) is 0 Å². The minimum absolute atomic E-state index is 0.0540. The van der Waals surface area contributed by atoms with Crippen molar-refractivity contribution in [2.45, 2.75) is 32.2 Å². The van der Waals surface area contributed by atoms with Gasteiger partial charge in [0.1, 0.15) is 29.8 Å². The van der Waals surface area contributed by atoms with E-state index in [0.29, 0.717) is 42.3 Å². The van der Waals surface area contributed by atoms with Gasteiger partial charge in [0.15, 0.2) is 0 Å². The van der Waals surface area contributed by atoms with Gasteiger partial charge in [-0.05, 0) is 31.9 Å². The second-order valence-corrected chi connectivity index (χ2v) is 7.36. The Hall–Kier alpha value is -3.82. The van der Waals surface area contributed by atoms with E-state index in [1.807, 2.05) is 18.2 Å². The quantitative estimate of drug-likeness (QED) is 0.446. The van der Waals surface area contributed by atoms with E-state index in [0.717, 1.165) is 18.5 Å². The van der Waals surface area contributed by atoms with Crippen LogP contribution in [0, 0.1) is 6.92 Å². The van der Waals surface area contributed by atoms with Crippen LogP contribution in [0.15, 0.2) is 47.7 Å². The fourth-order valence-corrected chi connectivity index (χ4v) is 3.05. The predicted molar refractivity (Wildman–Crippen MR) is 116 cm³/mol. The van der Waals surface area contributed by atoms with Crippen LogP contribution in [0.4, 0.5) is 17.5 Å². The second kappa shape index (κ2) is 9.33. The van der Waals surface area contributed by atoms with E-state index in [9.17, 15) is 9.59 Å². The molecule has 160 valence electrons. The molecule has 0 atom stereocenters. The van der Waals surface area contributed by atoms with Crippen molar-refractivity contribution in [1.82, 2.24) is 29.8 Å². The number of rotatable bonds is 9. The standard InChI is InChI=1S/C21H24N8O2/c1-14-26-18(11-19(27-14)28-17-4-2-3-7-22-17)23-8-9-24-20(30)12-29-13-25-16(10-21(29)31)15-5-6-15/h2-4,7,10-11,13,15H,5-6,8-9,12H2,1H3,(H,24,30)(H2,22,23,26,27,28). The minimum atomic E-state index is -0.249. The zero-order chi connectivity index (χ0) is 21.6. The first-order chi connectivity index (χ1) is 15.1. The molecule has 4 rings (SSSR count). The lowest BCUT2D eigenvalue weighted by Crippen LogP contribution is -2.35. The predicted octanol–water partition coefficient (Wildman–Crippen LogP) is 1.59. The van der Waals surface area contributed by atoms with Crippen molar-refractivity contribution in [2.75, 3.05) is 23.7 Å². The molecule has 1 saturated carbocycles. The van der Waals surface area contributed by atoms with Gasteiger partial charge in [0.05, 0.1) is 12.0 Å². The highest BCUT2D eigenvalue weighted by Gasteiger charge is 2.25. The number of aromatic nitrogens is 5. The molecule has 1 fully saturated rings. The molecule has 1 amide bonds. The van der Waals surface area contributed by atoms with E-state index in [-0.39, 0.29) is 18.0 Å². The van der Waals surface area contributed by atoms with Crippen LogP contribution in [0.3, 0.4) is 0 Å². The van der Waals surface area contributed by atoms with Crippen LogP contribution in [-0.4, -0.2) is 43.5 Å². The largest absolute Gasteiger partial charge is 0.368 e. The fraction of sp³-hybridized carbons (Fsp3) is 0.333. The first-order valence-corrected chi connectivity index (χ1v) is 10.2. The fourth-order valence-electron chi connectivity index (χ4n) is 3.05. The van der Waals surface area contributed by atoms with Crippen molar-refractivity contribution in [2.24, 2.45) is 0 Å². The zero-order valence-corrected chi connectivity index (χ0v) is 17.2. The smallest absolute Gasteiger partial charge is 0.254 e. The molecule has 10 heteroatoms. The highest BCUT2D eigenvalue weighted by atomic mass is 16.2. The number of carbonyl (C=O) groups is 1. The van der Waals surface area contributed by atoms with Gasteiger partial charge in [0, 0.05) is 37.3 Å². The molecule has 3 heterocycles. The third-order valence-electron chi connectivity index (χ3n) is 4.72. The van der Waals surface area contributed by atoms with Gasteiger partial charge in [-0.15, -0.1) is 0 Å². The molecule has 0 saturated heterocycles. The number of hydrogen-bond acceptors (Lipinski definition) is 8. The van der Waals surface area contributed by atoms with Crippen molar-refractivity contribution in [1.29, 1.82) is 0 Å². The van der Waals surface area contributed by atoms with Gasteiger partial charge in [0.2, 0.25) is 5.91 Å². The number of anilines is 3. The van der Waals surface area contributed by atoms with Gasteiger partial charge >= 0.3 is 0 Å². The van der Waals surface area contributed by atoms with Crippen LogP contribution >= 0.6 is 0 Å². The van der Waals surface area contributed by atoms with Gasteiger partial charge in [-0.3, -0.25) is 14.2 Å². The lowest BCUT2D eigenvalue weighted by molar-refractivity contribution is -0.121. The molecular formula is C21H24N8O2. The monoisotopic (exact) mass is 420 g/mol. The van der Waals surface area contributed by atoms with Crippen LogP contribution < -0.4 is 21.5 Å². The number of carbonyl (C=O) groups excluding carboxylic acids is 1. The van der Waals surface area contributed by atoms with E-state index in [1.54, 1.807) is 19.2 Å². The molecule has 3 aromatic rings. The lowest BCUT2D eigenvalue weighted by atomic mass is 10.3.